The Kier molecular flexibility index (Phi) is 5.79. The van der Waals surface area contributed by atoms with E-state index in [1.54, 1.807) is 6.92 Å². The Hall–Kier alpha value is -2.74. The maximum absolute atomic E-state index is 13.0. The summed E-state index contributed by atoms with van der Waals surface area (Å²) in [5.74, 6) is -1.71. The number of hydrogen-bond acceptors (Lipinski definition) is 5. The normalized spacial score (nSPS) is 14.3. The summed E-state index contributed by atoms with van der Waals surface area (Å²) < 4.78 is 18.3. The monoisotopic (exact) mass is 404 g/mol. The number of carbonyl (C=O) groups excluding carboxylic acids is 3. The molecule has 1 atom stereocenters. The molecule has 1 aliphatic carbocycles. The van der Waals surface area contributed by atoms with E-state index in [4.69, 9.17) is 4.74 Å². The highest BCUT2D eigenvalue weighted by molar-refractivity contribution is 7.16. The lowest BCUT2D eigenvalue weighted by atomic mass is 10.1. The van der Waals surface area contributed by atoms with E-state index in [1.165, 1.54) is 42.5 Å². The van der Waals surface area contributed by atoms with Crippen molar-refractivity contribution in [2.24, 2.45) is 5.92 Å². The van der Waals surface area contributed by atoms with Crippen LogP contribution in [0.2, 0.25) is 0 Å². The van der Waals surface area contributed by atoms with Crippen molar-refractivity contribution in [3.8, 4) is 0 Å². The highest BCUT2D eigenvalue weighted by Crippen LogP contribution is 2.36. The van der Waals surface area contributed by atoms with E-state index in [1.807, 2.05) is 6.92 Å². The highest BCUT2D eigenvalue weighted by atomic mass is 32.1. The van der Waals surface area contributed by atoms with E-state index in [-0.39, 0.29) is 17.4 Å². The molecular weight excluding hydrogens is 383 g/mol. The predicted octanol–water partition coefficient (Wildman–Crippen LogP) is 4.04. The lowest BCUT2D eigenvalue weighted by Gasteiger charge is -2.14. The van der Waals surface area contributed by atoms with Gasteiger partial charge in [0, 0.05) is 16.5 Å². The SMILES string of the molecule is Cc1sc(NC(=O)C2CC2)c(C(=O)O[C@H](C)C(=O)Nc2ccc(F)cc2)c1C. The van der Waals surface area contributed by atoms with Crippen LogP contribution in [0.5, 0.6) is 0 Å². The summed E-state index contributed by atoms with van der Waals surface area (Å²) in [7, 11) is 0. The van der Waals surface area contributed by atoms with Gasteiger partial charge < -0.3 is 15.4 Å². The first-order chi connectivity index (χ1) is 13.3. The maximum atomic E-state index is 13.0. The molecular formula is C20H21FN2O4S. The van der Waals surface area contributed by atoms with Gasteiger partial charge in [-0.15, -0.1) is 11.3 Å². The van der Waals surface area contributed by atoms with Gasteiger partial charge in [0.1, 0.15) is 10.8 Å². The number of benzene rings is 1. The van der Waals surface area contributed by atoms with Crippen LogP contribution >= 0.6 is 11.3 Å². The molecule has 2 aromatic rings. The summed E-state index contributed by atoms with van der Waals surface area (Å²) in [5, 5.41) is 5.82. The summed E-state index contributed by atoms with van der Waals surface area (Å²) in [5.41, 5.74) is 1.39. The number of carbonyl (C=O) groups is 3. The summed E-state index contributed by atoms with van der Waals surface area (Å²) in [6.45, 7) is 5.08. The predicted molar refractivity (Wildman–Crippen MR) is 105 cm³/mol. The van der Waals surface area contributed by atoms with Crippen molar-refractivity contribution in [2.75, 3.05) is 10.6 Å². The third-order valence-corrected chi connectivity index (χ3v) is 5.66. The standard InChI is InChI=1S/C20H21FN2O4S/c1-10-12(3)28-19(23-18(25)13-4-5-13)16(10)20(26)27-11(2)17(24)22-15-8-6-14(21)7-9-15/h6-9,11,13H,4-5H2,1-3H3,(H,22,24)(H,23,25)/t11-/m1/s1. The third-order valence-electron chi connectivity index (χ3n) is 4.54. The second-order valence-corrected chi connectivity index (χ2v) is 8.02. The Morgan fingerprint density at radius 2 is 1.79 bits per heavy atom. The summed E-state index contributed by atoms with van der Waals surface area (Å²) in [6.07, 6.45) is 0.648. The van der Waals surface area contributed by atoms with Gasteiger partial charge in [0.05, 0.1) is 5.56 Å². The number of halogens is 1. The molecule has 0 aliphatic heterocycles. The van der Waals surface area contributed by atoms with Crippen LogP contribution in [0.1, 0.15) is 40.6 Å². The maximum Gasteiger partial charge on any atom is 0.342 e. The van der Waals surface area contributed by atoms with Gasteiger partial charge in [-0.2, -0.15) is 0 Å². The molecule has 1 heterocycles. The van der Waals surface area contributed by atoms with E-state index in [0.29, 0.717) is 16.3 Å². The van der Waals surface area contributed by atoms with Gasteiger partial charge in [0.15, 0.2) is 6.10 Å². The second kappa shape index (κ2) is 8.10. The van der Waals surface area contributed by atoms with Crippen LogP contribution in [0.15, 0.2) is 24.3 Å². The van der Waals surface area contributed by atoms with Gasteiger partial charge in [-0.25, -0.2) is 9.18 Å². The zero-order valence-electron chi connectivity index (χ0n) is 15.8. The molecule has 6 nitrogen and oxygen atoms in total. The van der Waals surface area contributed by atoms with Crippen molar-refractivity contribution in [1.29, 1.82) is 0 Å². The Balaban J connectivity index is 1.68. The number of rotatable bonds is 6. The Morgan fingerprint density at radius 3 is 2.39 bits per heavy atom. The molecule has 28 heavy (non-hydrogen) atoms. The van der Waals surface area contributed by atoms with Crippen molar-refractivity contribution in [1.82, 2.24) is 0 Å². The first-order valence-corrected chi connectivity index (χ1v) is 9.76. The fourth-order valence-corrected chi connectivity index (χ4v) is 3.62. The zero-order valence-corrected chi connectivity index (χ0v) is 16.6. The minimum absolute atomic E-state index is 0.00648. The zero-order chi connectivity index (χ0) is 20.4. The molecule has 8 heteroatoms. The van der Waals surface area contributed by atoms with E-state index < -0.39 is 23.8 Å². The van der Waals surface area contributed by atoms with Gasteiger partial charge in [-0.3, -0.25) is 9.59 Å². The van der Waals surface area contributed by atoms with Crippen LogP contribution < -0.4 is 10.6 Å². The number of hydrogen-bond donors (Lipinski definition) is 2. The fourth-order valence-electron chi connectivity index (χ4n) is 2.57. The quantitative estimate of drug-likeness (QED) is 0.712. The highest BCUT2D eigenvalue weighted by Gasteiger charge is 2.32. The molecule has 2 N–H and O–H groups in total. The molecule has 0 spiro atoms. The van der Waals surface area contributed by atoms with Crippen molar-refractivity contribution < 1.29 is 23.5 Å². The van der Waals surface area contributed by atoms with Gasteiger partial charge in [0.25, 0.3) is 5.91 Å². The number of anilines is 2. The topological polar surface area (TPSA) is 84.5 Å². The fraction of sp³-hybridized carbons (Fsp3) is 0.350. The molecule has 148 valence electrons. The molecule has 0 saturated heterocycles. The number of amides is 2. The smallest absolute Gasteiger partial charge is 0.342 e. The van der Waals surface area contributed by atoms with Crippen molar-refractivity contribution >= 4 is 39.8 Å². The van der Waals surface area contributed by atoms with Gasteiger partial charge in [0.2, 0.25) is 5.91 Å². The molecule has 0 radical (unpaired) electrons. The Bertz CT molecular complexity index is 919. The molecule has 2 amide bonds. The molecule has 1 aliphatic rings. The van der Waals surface area contributed by atoms with Crippen molar-refractivity contribution in [3.63, 3.8) is 0 Å². The van der Waals surface area contributed by atoms with E-state index in [0.717, 1.165) is 17.7 Å². The molecule has 3 rings (SSSR count). The minimum Gasteiger partial charge on any atom is -0.449 e. The first kappa shape index (κ1) is 20.0. The van der Waals surface area contributed by atoms with Crippen LogP contribution in [-0.2, 0) is 14.3 Å². The van der Waals surface area contributed by atoms with Crippen molar-refractivity contribution in [3.05, 3.63) is 46.1 Å². The van der Waals surface area contributed by atoms with Crippen LogP contribution in [0.25, 0.3) is 0 Å². The molecule has 1 aromatic heterocycles. The van der Waals surface area contributed by atoms with E-state index in [9.17, 15) is 18.8 Å². The van der Waals surface area contributed by atoms with Crippen LogP contribution in [-0.4, -0.2) is 23.9 Å². The van der Waals surface area contributed by atoms with E-state index in [2.05, 4.69) is 10.6 Å². The van der Waals surface area contributed by atoms with Gasteiger partial charge in [-0.1, -0.05) is 0 Å². The number of esters is 1. The molecule has 1 saturated carbocycles. The Labute approximate surface area is 166 Å². The first-order valence-electron chi connectivity index (χ1n) is 8.94. The minimum atomic E-state index is -1.07. The number of nitrogens with one attached hydrogen (secondary N) is 2. The number of aryl methyl sites for hydroxylation is 1. The van der Waals surface area contributed by atoms with Crippen LogP contribution in [0.4, 0.5) is 15.1 Å². The van der Waals surface area contributed by atoms with E-state index >= 15 is 0 Å². The average Bonchev–Trinajstić information content (AvgIpc) is 3.44. The Morgan fingerprint density at radius 1 is 1.14 bits per heavy atom. The molecule has 1 fully saturated rings. The summed E-state index contributed by atoms with van der Waals surface area (Å²) in [4.78, 5) is 37.9. The lowest BCUT2D eigenvalue weighted by molar-refractivity contribution is -0.123. The molecule has 0 unspecified atom stereocenters. The molecule has 1 aromatic carbocycles. The van der Waals surface area contributed by atoms with Crippen molar-refractivity contribution in [2.45, 2.75) is 39.7 Å². The number of ether oxygens (including phenoxy) is 1. The molecule has 0 bridgehead atoms. The average molecular weight is 404 g/mol. The number of thiophene rings is 1. The largest absolute Gasteiger partial charge is 0.449 e. The second-order valence-electron chi connectivity index (χ2n) is 6.79. The third kappa shape index (κ3) is 4.56. The van der Waals surface area contributed by atoms with Gasteiger partial charge in [-0.05, 0) is 63.4 Å². The summed E-state index contributed by atoms with van der Waals surface area (Å²) in [6, 6.07) is 5.27. The summed E-state index contributed by atoms with van der Waals surface area (Å²) >= 11 is 1.31. The lowest BCUT2D eigenvalue weighted by Crippen LogP contribution is -2.30. The van der Waals surface area contributed by atoms with Crippen LogP contribution in [0, 0.1) is 25.6 Å². The van der Waals surface area contributed by atoms with Crippen LogP contribution in [0.3, 0.4) is 0 Å². The van der Waals surface area contributed by atoms with Gasteiger partial charge >= 0.3 is 5.97 Å².